The highest BCUT2D eigenvalue weighted by Gasteiger charge is 2.21. The smallest absolute Gasteiger partial charge is 0.320 e. The van der Waals surface area contributed by atoms with Gasteiger partial charge in [0.2, 0.25) is 5.91 Å². The normalized spacial score (nSPS) is 11.6. The van der Waals surface area contributed by atoms with Gasteiger partial charge in [-0.25, -0.2) is 4.98 Å². The lowest BCUT2D eigenvalue weighted by Crippen LogP contribution is -2.15. The minimum atomic E-state index is -2.72. The number of nitrogens with two attached hydrogens (primary N) is 1. The quantitative estimate of drug-likeness (QED) is 0.440. The highest BCUT2D eigenvalue weighted by atomic mass is 32.2. The maximum absolute atomic E-state index is 13.6. The first-order valence-electron chi connectivity index (χ1n) is 8.66. The summed E-state index contributed by atoms with van der Waals surface area (Å²) in [6.45, 7) is -2.48. The summed E-state index contributed by atoms with van der Waals surface area (Å²) < 4.78 is 35.2. The van der Waals surface area contributed by atoms with E-state index in [-0.39, 0.29) is 24.5 Å². The number of primary amides is 1. The SMILES string of the molecule is NC(=O)CCn1c(SCc2nc3ccccc3n2C(F)F)nnc1-c1ccco1. The van der Waals surface area contributed by atoms with E-state index < -0.39 is 12.5 Å². The zero-order chi connectivity index (χ0) is 20.4. The van der Waals surface area contributed by atoms with E-state index in [4.69, 9.17) is 10.2 Å². The monoisotopic (exact) mass is 418 g/mol. The van der Waals surface area contributed by atoms with Gasteiger partial charge in [-0.3, -0.25) is 13.9 Å². The van der Waals surface area contributed by atoms with E-state index >= 15 is 0 Å². The van der Waals surface area contributed by atoms with Crippen molar-refractivity contribution >= 4 is 28.7 Å². The van der Waals surface area contributed by atoms with Crippen LogP contribution in [0.4, 0.5) is 8.78 Å². The first-order valence-corrected chi connectivity index (χ1v) is 9.65. The number of hydrogen-bond acceptors (Lipinski definition) is 6. The lowest BCUT2D eigenvalue weighted by atomic mass is 10.3. The van der Waals surface area contributed by atoms with Crippen molar-refractivity contribution in [3.63, 3.8) is 0 Å². The van der Waals surface area contributed by atoms with Crippen LogP contribution < -0.4 is 5.73 Å². The van der Waals surface area contributed by atoms with Crippen LogP contribution in [0.3, 0.4) is 0 Å². The molecule has 1 aromatic carbocycles. The second-order valence-electron chi connectivity index (χ2n) is 6.10. The molecule has 29 heavy (non-hydrogen) atoms. The van der Waals surface area contributed by atoms with Gasteiger partial charge in [-0.15, -0.1) is 10.2 Å². The van der Waals surface area contributed by atoms with Crippen molar-refractivity contribution in [3.8, 4) is 11.6 Å². The number of thioether (sulfide) groups is 1. The number of amides is 1. The summed E-state index contributed by atoms with van der Waals surface area (Å²) in [7, 11) is 0. The summed E-state index contributed by atoms with van der Waals surface area (Å²) in [6.07, 6.45) is 1.58. The molecule has 0 saturated heterocycles. The van der Waals surface area contributed by atoms with E-state index in [0.717, 1.165) is 4.57 Å². The molecule has 11 heteroatoms. The van der Waals surface area contributed by atoms with Crippen molar-refractivity contribution in [2.45, 2.75) is 30.4 Å². The van der Waals surface area contributed by atoms with Gasteiger partial charge in [-0.2, -0.15) is 8.78 Å². The van der Waals surface area contributed by atoms with Gasteiger partial charge in [0.05, 0.1) is 23.0 Å². The van der Waals surface area contributed by atoms with Crippen LogP contribution in [0.25, 0.3) is 22.6 Å². The largest absolute Gasteiger partial charge is 0.461 e. The Morgan fingerprint density at radius 2 is 2.03 bits per heavy atom. The number of rotatable bonds is 8. The van der Waals surface area contributed by atoms with E-state index in [2.05, 4.69) is 15.2 Å². The molecule has 0 aliphatic carbocycles. The molecular weight excluding hydrogens is 402 g/mol. The number of nitrogens with zero attached hydrogens (tertiary/aromatic N) is 5. The van der Waals surface area contributed by atoms with Crippen molar-refractivity contribution in [1.29, 1.82) is 0 Å². The number of carbonyl (C=O) groups excluding carboxylic acids is 1. The van der Waals surface area contributed by atoms with E-state index in [9.17, 15) is 13.6 Å². The van der Waals surface area contributed by atoms with Gasteiger partial charge in [0.15, 0.2) is 16.7 Å². The second kappa shape index (κ2) is 8.03. The van der Waals surface area contributed by atoms with Crippen LogP contribution in [0.5, 0.6) is 0 Å². The Balaban J connectivity index is 1.64. The first-order chi connectivity index (χ1) is 14.0. The number of furan rings is 1. The highest BCUT2D eigenvalue weighted by molar-refractivity contribution is 7.98. The molecule has 2 N–H and O–H groups in total. The van der Waals surface area contributed by atoms with Crippen LogP contribution in [-0.4, -0.2) is 30.2 Å². The number of hydrogen-bond donors (Lipinski definition) is 1. The zero-order valence-electron chi connectivity index (χ0n) is 15.0. The molecule has 8 nitrogen and oxygen atoms in total. The number of alkyl halides is 2. The Bertz CT molecular complexity index is 1140. The average Bonchev–Trinajstić information content (AvgIpc) is 3.41. The molecule has 4 aromatic rings. The van der Waals surface area contributed by atoms with Crippen molar-refractivity contribution in [1.82, 2.24) is 24.3 Å². The molecular formula is C18H16F2N6O2S. The fraction of sp³-hybridized carbons (Fsp3) is 0.222. The van der Waals surface area contributed by atoms with E-state index in [1.165, 1.54) is 18.0 Å². The Morgan fingerprint density at radius 1 is 1.21 bits per heavy atom. The lowest BCUT2D eigenvalue weighted by molar-refractivity contribution is -0.118. The van der Waals surface area contributed by atoms with Crippen molar-refractivity contribution in [2.75, 3.05) is 0 Å². The van der Waals surface area contributed by atoms with Gasteiger partial charge < -0.3 is 10.2 Å². The van der Waals surface area contributed by atoms with Gasteiger partial charge in [-0.1, -0.05) is 23.9 Å². The van der Waals surface area contributed by atoms with Crippen LogP contribution in [0, 0.1) is 0 Å². The van der Waals surface area contributed by atoms with Crippen LogP contribution >= 0.6 is 11.8 Å². The maximum Gasteiger partial charge on any atom is 0.320 e. The van der Waals surface area contributed by atoms with E-state index in [0.29, 0.717) is 27.8 Å². The first kappa shape index (κ1) is 19.1. The lowest BCUT2D eigenvalue weighted by Gasteiger charge is -2.09. The fourth-order valence-corrected chi connectivity index (χ4v) is 3.84. The standard InChI is InChI=1S/C18H16F2N6O2S/c19-17(20)26-12-5-2-1-4-11(12)22-15(26)10-29-18-24-23-16(13-6-3-9-28-13)25(18)8-7-14(21)27/h1-6,9,17H,7-8,10H2,(H2,21,27). The third kappa shape index (κ3) is 3.86. The molecule has 4 rings (SSSR count). The Morgan fingerprint density at radius 3 is 2.76 bits per heavy atom. The highest BCUT2D eigenvalue weighted by Crippen LogP contribution is 2.30. The summed E-state index contributed by atoms with van der Waals surface area (Å²) in [5.41, 5.74) is 6.13. The van der Waals surface area contributed by atoms with E-state index in [1.54, 1.807) is 41.0 Å². The van der Waals surface area contributed by atoms with Crippen LogP contribution in [0.2, 0.25) is 0 Å². The predicted octanol–water partition coefficient (Wildman–Crippen LogP) is 3.45. The number of imidazole rings is 1. The van der Waals surface area contributed by atoms with E-state index in [1.807, 2.05) is 0 Å². The second-order valence-corrected chi connectivity index (χ2v) is 7.05. The van der Waals surface area contributed by atoms with Crippen molar-refractivity contribution in [2.24, 2.45) is 5.73 Å². The molecule has 0 aliphatic rings. The average molecular weight is 418 g/mol. The third-order valence-corrected chi connectivity index (χ3v) is 5.20. The molecule has 0 bridgehead atoms. The van der Waals surface area contributed by atoms with Crippen LogP contribution in [0.1, 0.15) is 18.8 Å². The summed E-state index contributed by atoms with van der Waals surface area (Å²) in [5, 5.41) is 8.70. The minimum Gasteiger partial charge on any atom is -0.461 e. The molecule has 0 fully saturated rings. The molecule has 0 spiro atoms. The fourth-order valence-electron chi connectivity index (χ4n) is 2.95. The van der Waals surface area contributed by atoms with Gasteiger partial charge in [0, 0.05) is 13.0 Å². The molecule has 150 valence electrons. The summed E-state index contributed by atoms with van der Waals surface area (Å²) in [5.74, 6) is 0.802. The zero-order valence-corrected chi connectivity index (χ0v) is 15.9. The van der Waals surface area contributed by atoms with Gasteiger partial charge in [0.1, 0.15) is 5.82 Å². The van der Waals surface area contributed by atoms with Gasteiger partial charge >= 0.3 is 6.55 Å². The molecule has 0 radical (unpaired) electrons. The number of para-hydroxylation sites is 2. The molecule has 3 aromatic heterocycles. The number of carbonyl (C=O) groups is 1. The Labute approximate surface area is 167 Å². The van der Waals surface area contributed by atoms with Gasteiger partial charge in [-0.05, 0) is 24.3 Å². The topological polar surface area (TPSA) is 105 Å². The molecule has 0 atom stereocenters. The predicted molar refractivity (Wildman–Crippen MR) is 102 cm³/mol. The molecule has 0 saturated carbocycles. The van der Waals surface area contributed by atoms with Crippen molar-refractivity contribution < 1.29 is 18.0 Å². The molecule has 0 aliphatic heterocycles. The third-order valence-electron chi connectivity index (χ3n) is 4.23. The summed E-state index contributed by atoms with van der Waals surface area (Å²) >= 11 is 1.20. The Hall–Kier alpha value is -3.21. The Kier molecular flexibility index (Phi) is 5.30. The number of halogens is 2. The van der Waals surface area contributed by atoms with Crippen LogP contribution in [0.15, 0.2) is 52.2 Å². The summed E-state index contributed by atoms with van der Waals surface area (Å²) in [4.78, 5) is 15.6. The molecule has 1 amide bonds. The number of benzene rings is 1. The molecule has 0 unspecified atom stereocenters. The van der Waals surface area contributed by atoms with Crippen molar-refractivity contribution in [3.05, 3.63) is 48.5 Å². The number of fused-ring (bicyclic) bond motifs is 1. The van der Waals surface area contributed by atoms with Gasteiger partial charge in [0.25, 0.3) is 0 Å². The minimum absolute atomic E-state index is 0.0782. The number of aromatic nitrogens is 5. The van der Waals surface area contributed by atoms with Crippen LogP contribution in [-0.2, 0) is 17.1 Å². The summed E-state index contributed by atoms with van der Waals surface area (Å²) in [6, 6.07) is 10.2. The maximum atomic E-state index is 13.6. The molecule has 3 heterocycles.